The third-order valence-electron chi connectivity index (χ3n) is 5.90. The molecule has 1 N–H and O–H groups in total. The average molecular weight is 523 g/mol. The van der Waals surface area contributed by atoms with E-state index in [2.05, 4.69) is 5.32 Å². The number of benzene rings is 2. The molecule has 186 valence electrons. The van der Waals surface area contributed by atoms with E-state index >= 15 is 0 Å². The van der Waals surface area contributed by atoms with Crippen molar-refractivity contribution in [1.82, 2.24) is 10.3 Å². The van der Waals surface area contributed by atoms with Crippen LogP contribution in [0.1, 0.15) is 39.2 Å². The molecule has 0 saturated carbocycles. The summed E-state index contributed by atoms with van der Waals surface area (Å²) in [5, 5.41) is 6.60. The summed E-state index contributed by atoms with van der Waals surface area (Å²) < 4.78 is 10.8. The van der Waals surface area contributed by atoms with Crippen molar-refractivity contribution in [1.29, 1.82) is 0 Å². The smallest absolute Gasteiger partial charge is 0.336 e. The van der Waals surface area contributed by atoms with Crippen molar-refractivity contribution in [3.05, 3.63) is 87.0 Å². The van der Waals surface area contributed by atoms with Crippen molar-refractivity contribution in [2.75, 3.05) is 13.2 Å². The topological polar surface area (TPSA) is 77.5 Å². The Kier molecular flexibility index (Phi) is 7.91. The molecule has 1 aliphatic rings. The van der Waals surface area contributed by atoms with Gasteiger partial charge in [0.05, 0.1) is 36.0 Å². The molecule has 0 spiro atoms. The quantitative estimate of drug-likeness (QED) is 0.357. The number of hydrogen-bond acceptors (Lipinski definition) is 7. The van der Waals surface area contributed by atoms with Crippen LogP contribution in [-0.4, -0.2) is 30.1 Å². The van der Waals surface area contributed by atoms with Gasteiger partial charge in [0.2, 0.25) is 0 Å². The van der Waals surface area contributed by atoms with Crippen LogP contribution in [0.4, 0.5) is 0 Å². The SMILES string of the molecule is CCOC(=O)C1=C(C)NC(C)=C(C(=O)OCC)C1c1ccccc1-c1nc(-c2ccc(Cl)cc2)cs1. The Hall–Kier alpha value is -3.42. The molecule has 2 heterocycles. The maximum absolute atomic E-state index is 13.2. The number of rotatable bonds is 7. The van der Waals surface area contributed by atoms with Crippen LogP contribution in [0.2, 0.25) is 5.02 Å². The van der Waals surface area contributed by atoms with Gasteiger partial charge in [-0.15, -0.1) is 11.3 Å². The number of dihydropyridines is 1. The number of esters is 2. The number of thiazole rings is 1. The van der Waals surface area contributed by atoms with Gasteiger partial charge in [0.15, 0.2) is 0 Å². The fourth-order valence-corrected chi connectivity index (χ4v) is 5.36. The number of aromatic nitrogens is 1. The molecule has 8 heteroatoms. The Morgan fingerprint density at radius 3 is 2.11 bits per heavy atom. The first kappa shape index (κ1) is 25.7. The molecule has 0 unspecified atom stereocenters. The lowest BCUT2D eigenvalue weighted by Crippen LogP contribution is -2.32. The summed E-state index contributed by atoms with van der Waals surface area (Å²) in [7, 11) is 0. The van der Waals surface area contributed by atoms with Crippen molar-refractivity contribution in [2.24, 2.45) is 0 Å². The number of allylic oxidation sites excluding steroid dienone is 2. The number of carbonyl (C=O) groups excluding carboxylic acids is 2. The predicted molar refractivity (Wildman–Crippen MR) is 143 cm³/mol. The number of nitrogens with zero attached hydrogens (tertiary/aromatic N) is 1. The molecule has 0 radical (unpaired) electrons. The maximum Gasteiger partial charge on any atom is 0.336 e. The fourth-order valence-electron chi connectivity index (χ4n) is 4.36. The molecular weight excluding hydrogens is 496 g/mol. The third kappa shape index (κ3) is 5.08. The van der Waals surface area contributed by atoms with E-state index in [0.29, 0.717) is 27.6 Å². The normalized spacial score (nSPS) is 14.0. The number of halogens is 1. The summed E-state index contributed by atoms with van der Waals surface area (Å²) >= 11 is 7.54. The highest BCUT2D eigenvalue weighted by Crippen LogP contribution is 2.44. The molecular formula is C28H27ClN2O4S. The summed E-state index contributed by atoms with van der Waals surface area (Å²) in [6, 6.07) is 15.2. The van der Waals surface area contributed by atoms with Gasteiger partial charge in [-0.25, -0.2) is 14.6 Å². The second-order valence-corrected chi connectivity index (χ2v) is 9.50. The minimum atomic E-state index is -0.677. The van der Waals surface area contributed by atoms with E-state index in [1.807, 2.05) is 67.8 Å². The van der Waals surface area contributed by atoms with Crippen LogP contribution in [0, 0.1) is 0 Å². The lowest BCUT2D eigenvalue weighted by atomic mass is 9.78. The van der Waals surface area contributed by atoms with Gasteiger partial charge >= 0.3 is 11.9 Å². The Labute approximate surface area is 219 Å². The van der Waals surface area contributed by atoms with E-state index in [1.165, 1.54) is 11.3 Å². The molecule has 0 aliphatic carbocycles. The van der Waals surface area contributed by atoms with E-state index < -0.39 is 17.9 Å². The van der Waals surface area contributed by atoms with Crippen molar-refractivity contribution >= 4 is 34.9 Å². The first-order valence-electron chi connectivity index (χ1n) is 11.7. The van der Waals surface area contributed by atoms with Crippen LogP contribution >= 0.6 is 22.9 Å². The van der Waals surface area contributed by atoms with Gasteiger partial charge < -0.3 is 14.8 Å². The second-order valence-electron chi connectivity index (χ2n) is 8.21. The van der Waals surface area contributed by atoms with Crippen LogP contribution in [0.3, 0.4) is 0 Å². The zero-order valence-corrected chi connectivity index (χ0v) is 22.1. The first-order chi connectivity index (χ1) is 17.3. The number of nitrogens with one attached hydrogen (secondary N) is 1. The van der Waals surface area contributed by atoms with Crippen LogP contribution in [0.5, 0.6) is 0 Å². The Bertz CT molecular complexity index is 1320. The summed E-state index contributed by atoms with van der Waals surface area (Å²) in [4.78, 5) is 31.2. The van der Waals surface area contributed by atoms with Gasteiger partial charge in [-0.1, -0.05) is 48.0 Å². The Morgan fingerprint density at radius 2 is 1.53 bits per heavy atom. The zero-order valence-electron chi connectivity index (χ0n) is 20.6. The highest BCUT2D eigenvalue weighted by atomic mass is 35.5. The summed E-state index contributed by atoms with van der Waals surface area (Å²) in [5.74, 6) is -1.63. The summed E-state index contributed by atoms with van der Waals surface area (Å²) in [5.41, 5.74) is 5.42. The molecule has 0 atom stereocenters. The van der Waals surface area contributed by atoms with E-state index in [9.17, 15) is 9.59 Å². The highest BCUT2D eigenvalue weighted by molar-refractivity contribution is 7.13. The van der Waals surface area contributed by atoms with Crippen LogP contribution < -0.4 is 5.32 Å². The highest BCUT2D eigenvalue weighted by Gasteiger charge is 2.39. The molecule has 3 aromatic rings. The molecule has 0 bridgehead atoms. The number of ether oxygens (including phenoxy) is 2. The van der Waals surface area contributed by atoms with E-state index in [-0.39, 0.29) is 13.2 Å². The standard InChI is InChI=1S/C28H27ClN2O4S/c1-5-34-27(32)23-16(3)30-17(4)24(28(33)35-6-2)25(23)20-9-7-8-10-21(20)26-31-22(15-36-26)18-11-13-19(29)14-12-18/h7-15,25,30H,5-6H2,1-4H3. The largest absolute Gasteiger partial charge is 0.463 e. The molecule has 0 fully saturated rings. The zero-order chi connectivity index (χ0) is 25.8. The van der Waals surface area contributed by atoms with Crippen LogP contribution in [-0.2, 0) is 19.1 Å². The average Bonchev–Trinajstić information content (AvgIpc) is 3.34. The fraction of sp³-hybridized carbons (Fsp3) is 0.250. The van der Waals surface area contributed by atoms with Crippen molar-refractivity contribution in [2.45, 2.75) is 33.6 Å². The molecule has 4 rings (SSSR count). The predicted octanol–water partition coefficient (Wildman–Crippen LogP) is 6.49. The first-order valence-corrected chi connectivity index (χ1v) is 12.9. The Balaban J connectivity index is 1.87. The van der Waals surface area contributed by atoms with Gasteiger partial charge in [-0.05, 0) is 45.4 Å². The van der Waals surface area contributed by atoms with Gasteiger partial charge in [0.25, 0.3) is 0 Å². The number of hydrogen-bond donors (Lipinski definition) is 1. The summed E-state index contributed by atoms with van der Waals surface area (Å²) in [6.45, 7) is 7.59. The molecule has 6 nitrogen and oxygen atoms in total. The minimum absolute atomic E-state index is 0.221. The summed E-state index contributed by atoms with van der Waals surface area (Å²) in [6.07, 6.45) is 0. The lowest BCUT2D eigenvalue weighted by molar-refractivity contribution is -0.139. The van der Waals surface area contributed by atoms with Gasteiger partial charge in [0, 0.05) is 32.9 Å². The lowest BCUT2D eigenvalue weighted by Gasteiger charge is -2.31. The van der Waals surface area contributed by atoms with Crippen molar-refractivity contribution in [3.63, 3.8) is 0 Å². The molecule has 0 amide bonds. The monoisotopic (exact) mass is 522 g/mol. The van der Waals surface area contributed by atoms with Gasteiger partial charge in [0.1, 0.15) is 5.01 Å². The van der Waals surface area contributed by atoms with Crippen LogP contribution in [0.15, 0.2) is 76.5 Å². The second kappa shape index (κ2) is 11.1. The van der Waals surface area contributed by atoms with E-state index in [1.54, 1.807) is 13.8 Å². The third-order valence-corrected chi connectivity index (χ3v) is 7.02. The van der Waals surface area contributed by atoms with E-state index in [4.69, 9.17) is 26.1 Å². The molecule has 2 aromatic carbocycles. The molecule has 1 aromatic heterocycles. The van der Waals surface area contributed by atoms with Gasteiger partial charge in [-0.3, -0.25) is 0 Å². The minimum Gasteiger partial charge on any atom is -0.463 e. The van der Waals surface area contributed by atoms with Crippen molar-refractivity contribution in [3.8, 4) is 21.8 Å². The maximum atomic E-state index is 13.2. The van der Waals surface area contributed by atoms with Crippen LogP contribution in [0.25, 0.3) is 21.8 Å². The molecule has 36 heavy (non-hydrogen) atoms. The molecule has 1 aliphatic heterocycles. The van der Waals surface area contributed by atoms with Crippen molar-refractivity contribution < 1.29 is 19.1 Å². The Morgan fingerprint density at radius 1 is 0.944 bits per heavy atom. The van der Waals surface area contributed by atoms with E-state index in [0.717, 1.165) is 27.4 Å². The van der Waals surface area contributed by atoms with Gasteiger partial charge in [-0.2, -0.15) is 0 Å². The number of carbonyl (C=O) groups is 2. The molecule has 0 saturated heterocycles.